The Bertz CT molecular complexity index is 1650. The van der Waals surface area contributed by atoms with Crippen LogP contribution in [-0.4, -0.2) is 49.0 Å². The van der Waals surface area contributed by atoms with E-state index < -0.39 is 0 Å². The van der Waals surface area contributed by atoms with Crippen molar-refractivity contribution < 1.29 is 0 Å². The summed E-state index contributed by atoms with van der Waals surface area (Å²) in [5.74, 6) is 0. The first-order valence-electron chi connectivity index (χ1n) is 14.2. The summed E-state index contributed by atoms with van der Waals surface area (Å²) in [4.78, 5) is 24.8. The molecule has 5 aromatic rings. The molecule has 0 radical (unpaired) electrons. The number of benzene rings is 1. The summed E-state index contributed by atoms with van der Waals surface area (Å²) in [6.45, 7) is 6.52. The van der Waals surface area contributed by atoms with E-state index >= 15 is 0 Å². The molecule has 39 heavy (non-hydrogen) atoms. The summed E-state index contributed by atoms with van der Waals surface area (Å²) < 4.78 is 0. The highest BCUT2D eigenvalue weighted by molar-refractivity contribution is 5.95. The average Bonchev–Trinajstić information content (AvgIpc) is 3.61. The molecule has 6 nitrogen and oxygen atoms in total. The fourth-order valence-electron chi connectivity index (χ4n) is 6.42. The van der Waals surface area contributed by atoms with E-state index in [-0.39, 0.29) is 0 Å². The molecule has 1 fully saturated rings. The second-order valence-corrected chi connectivity index (χ2v) is 11.2. The molecule has 2 aliphatic rings. The van der Waals surface area contributed by atoms with Crippen LogP contribution in [0, 0.1) is 13.8 Å². The number of nitrogens with zero attached hydrogens (tertiary/aromatic N) is 5. The van der Waals surface area contributed by atoms with Crippen LogP contribution in [-0.2, 0) is 12.8 Å². The van der Waals surface area contributed by atoms with Crippen LogP contribution in [0.4, 0.5) is 0 Å². The number of likely N-dealkylation sites (tertiary alicyclic amines) is 1. The van der Waals surface area contributed by atoms with Crippen molar-refractivity contribution in [1.29, 1.82) is 0 Å². The minimum Gasteiger partial charge on any atom is -0.345 e. The topological polar surface area (TPSA) is 70.6 Å². The lowest BCUT2D eigenvalue weighted by Gasteiger charge is -2.25. The molecule has 6 heteroatoms. The van der Waals surface area contributed by atoms with E-state index in [1.807, 2.05) is 32.4 Å². The number of hydrogen-bond donors (Lipinski definition) is 1. The number of rotatable bonds is 4. The Kier molecular flexibility index (Phi) is 6.20. The van der Waals surface area contributed by atoms with Gasteiger partial charge in [0.15, 0.2) is 0 Å². The minimum atomic E-state index is 0.740. The number of aromatic amines is 1. The van der Waals surface area contributed by atoms with Crippen molar-refractivity contribution in [3.05, 3.63) is 83.7 Å². The third-order valence-electron chi connectivity index (χ3n) is 8.61. The molecular formula is C33H34N6. The molecule has 5 heterocycles. The van der Waals surface area contributed by atoms with Gasteiger partial charge in [-0.15, -0.1) is 0 Å². The molecule has 4 aromatic heterocycles. The molecule has 0 bridgehead atoms. The van der Waals surface area contributed by atoms with Gasteiger partial charge in [0.1, 0.15) is 5.65 Å². The van der Waals surface area contributed by atoms with E-state index in [1.54, 1.807) is 6.20 Å². The Morgan fingerprint density at radius 3 is 2.41 bits per heavy atom. The van der Waals surface area contributed by atoms with Crippen LogP contribution in [0.25, 0.3) is 44.7 Å². The summed E-state index contributed by atoms with van der Waals surface area (Å²) in [5, 5.41) is 1.09. The van der Waals surface area contributed by atoms with E-state index in [0.717, 1.165) is 63.0 Å². The Labute approximate surface area is 229 Å². The number of fused-ring (bicyclic) bond motifs is 2. The predicted molar refractivity (Wildman–Crippen MR) is 156 cm³/mol. The summed E-state index contributed by atoms with van der Waals surface area (Å²) in [6.07, 6.45) is 15.3. The van der Waals surface area contributed by atoms with E-state index in [9.17, 15) is 0 Å². The van der Waals surface area contributed by atoms with Crippen LogP contribution >= 0.6 is 0 Å². The van der Waals surface area contributed by atoms with Gasteiger partial charge in [-0.3, -0.25) is 9.97 Å². The Balaban J connectivity index is 1.17. The van der Waals surface area contributed by atoms with Crippen LogP contribution in [0.2, 0.25) is 0 Å². The quantitative estimate of drug-likeness (QED) is 0.270. The highest BCUT2D eigenvalue weighted by Crippen LogP contribution is 2.33. The third kappa shape index (κ3) is 4.63. The zero-order valence-corrected chi connectivity index (χ0v) is 22.7. The van der Waals surface area contributed by atoms with Crippen molar-refractivity contribution in [2.75, 3.05) is 13.1 Å². The maximum Gasteiger partial charge on any atom is 0.137 e. The number of nitrogens with one attached hydrogen (secondary N) is 1. The highest BCUT2D eigenvalue weighted by atomic mass is 15.2. The first kappa shape index (κ1) is 24.2. The Morgan fingerprint density at radius 1 is 0.795 bits per heavy atom. The highest BCUT2D eigenvalue weighted by Gasteiger charge is 2.24. The van der Waals surface area contributed by atoms with Gasteiger partial charge < -0.3 is 9.88 Å². The fourth-order valence-corrected chi connectivity index (χ4v) is 6.42. The van der Waals surface area contributed by atoms with Crippen molar-refractivity contribution in [1.82, 2.24) is 29.8 Å². The zero-order valence-electron chi connectivity index (χ0n) is 22.7. The van der Waals surface area contributed by atoms with Crippen molar-refractivity contribution in [2.45, 2.75) is 58.4 Å². The van der Waals surface area contributed by atoms with Gasteiger partial charge in [-0.1, -0.05) is 18.2 Å². The second-order valence-electron chi connectivity index (χ2n) is 11.2. The first-order chi connectivity index (χ1) is 19.1. The van der Waals surface area contributed by atoms with Crippen LogP contribution in [0.5, 0.6) is 0 Å². The number of pyridine rings is 2. The molecular weight excluding hydrogens is 480 g/mol. The van der Waals surface area contributed by atoms with E-state index in [2.05, 4.69) is 56.3 Å². The van der Waals surface area contributed by atoms with Gasteiger partial charge >= 0.3 is 0 Å². The molecule has 7 rings (SSSR count). The molecule has 1 unspecified atom stereocenters. The van der Waals surface area contributed by atoms with E-state index in [0.29, 0.717) is 0 Å². The molecule has 1 N–H and O–H groups in total. The van der Waals surface area contributed by atoms with Crippen LogP contribution in [0.3, 0.4) is 0 Å². The van der Waals surface area contributed by atoms with Gasteiger partial charge in [-0.2, -0.15) is 0 Å². The Hall–Kier alpha value is -3.90. The van der Waals surface area contributed by atoms with Crippen LogP contribution in [0.1, 0.15) is 48.2 Å². The van der Waals surface area contributed by atoms with Crippen LogP contribution in [0.15, 0.2) is 61.2 Å². The van der Waals surface area contributed by atoms with Gasteiger partial charge in [-0.25, -0.2) is 9.97 Å². The molecule has 0 spiro atoms. The molecule has 1 saturated heterocycles. The summed E-state index contributed by atoms with van der Waals surface area (Å²) in [7, 11) is 0. The summed E-state index contributed by atoms with van der Waals surface area (Å²) in [5.41, 5.74) is 11.9. The lowest BCUT2D eigenvalue weighted by Crippen LogP contribution is -2.32. The fraction of sp³-hybridized carbons (Fsp3) is 0.333. The van der Waals surface area contributed by atoms with Gasteiger partial charge in [-0.05, 0) is 100 Å². The second kappa shape index (κ2) is 10.0. The molecule has 0 saturated carbocycles. The standard InChI is InChI=1S/C33H34N6/c1-21-17-34-22(2)32(38-21)26-9-12-31(35-18-26)30-20-37-33-29(30)16-27(19-36-33)25-6-5-23-7-10-28(11-8-24(23)15-25)39-13-3-4-14-39/h5-6,9,12,15-20,28H,3-4,7-8,10-11,13-14H2,1-2H3,(H,36,37). The van der Waals surface area contributed by atoms with Gasteiger partial charge in [0, 0.05) is 52.9 Å². The maximum absolute atomic E-state index is 4.81. The van der Waals surface area contributed by atoms with E-state index in [4.69, 9.17) is 9.97 Å². The number of aryl methyl sites for hydroxylation is 4. The number of hydrogen-bond acceptors (Lipinski definition) is 5. The van der Waals surface area contributed by atoms with Crippen molar-refractivity contribution in [2.24, 2.45) is 0 Å². The van der Waals surface area contributed by atoms with Crippen molar-refractivity contribution in [3.63, 3.8) is 0 Å². The van der Waals surface area contributed by atoms with Crippen molar-refractivity contribution in [3.8, 4) is 33.6 Å². The predicted octanol–water partition coefficient (Wildman–Crippen LogP) is 6.71. The lowest BCUT2D eigenvalue weighted by atomic mass is 9.96. The lowest BCUT2D eigenvalue weighted by molar-refractivity contribution is 0.222. The molecule has 1 aliphatic heterocycles. The van der Waals surface area contributed by atoms with Gasteiger partial charge in [0.2, 0.25) is 0 Å². The van der Waals surface area contributed by atoms with Gasteiger partial charge in [0.25, 0.3) is 0 Å². The molecule has 1 atom stereocenters. The molecule has 196 valence electrons. The van der Waals surface area contributed by atoms with Crippen LogP contribution < -0.4 is 0 Å². The molecule has 1 aliphatic carbocycles. The third-order valence-corrected chi connectivity index (χ3v) is 8.61. The smallest absolute Gasteiger partial charge is 0.137 e. The first-order valence-corrected chi connectivity index (χ1v) is 14.2. The largest absolute Gasteiger partial charge is 0.345 e. The number of aromatic nitrogens is 5. The molecule has 1 aromatic carbocycles. The van der Waals surface area contributed by atoms with Crippen molar-refractivity contribution >= 4 is 11.0 Å². The maximum atomic E-state index is 4.81. The minimum absolute atomic E-state index is 0.740. The van der Waals surface area contributed by atoms with Gasteiger partial charge in [0.05, 0.1) is 22.8 Å². The monoisotopic (exact) mass is 514 g/mol. The number of H-pyrrole nitrogens is 1. The summed E-state index contributed by atoms with van der Waals surface area (Å²) in [6, 6.07) is 14.2. The zero-order chi connectivity index (χ0) is 26.3. The average molecular weight is 515 g/mol. The van der Waals surface area contributed by atoms with E-state index in [1.165, 1.54) is 61.9 Å². The molecule has 0 amide bonds. The SMILES string of the molecule is Cc1cnc(C)c(-c2ccc(-c3c[nH]c4ncc(-c5ccc6c(c5)CCC(N5CCCC5)CC6)cc34)nc2)n1. The Morgan fingerprint density at radius 2 is 1.59 bits per heavy atom. The normalized spacial score (nSPS) is 17.8. The summed E-state index contributed by atoms with van der Waals surface area (Å²) >= 11 is 0.